The van der Waals surface area contributed by atoms with Gasteiger partial charge in [-0.15, -0.1) is 0 Å². The standard InChI is InChI=1S/C26H30F2N2O4S/c1-17-8-9-24(18-6-4-3-5-7-18)35(33,34)30(17)14-19-10-23(28)21(11-22(19)27)26(12-20(31)13-29)15-25(2,32)16-26/h3-7,10-11,17,20,24,31-32H,8-9,12,14-16H2,1-2H3/t17-,20?,24+,25?,26?/m0/s1. The van der Waals surface area contributed by atoms with Crippen molar-refractivity contribution in [2.24, 2.45) is 0 Å². The summed E-state index contributed by atoms with van der Waals surface area (Å²) in [6.45, 7) is 3.02. The maximum atomic E-state index is 15.4. The van der Waals surface area contributed by atoms with E-state index >= 15 is 8.78 Å². The highest BCUT2D eigenvalue weighted by Gasteiger charge is 2.54. The average molecular weight is 505 g/mol. The van der Waals surface area contributed by atoms with E-state index in [1.165, 1.54) is 4.31 Å². The SMILES string of the molecule is C[C@H]1CC[C@H](c2ccccc2)S(=O)(=O)N1Cc1cc(F)c(C2(CC(O)C#N)CC(C)(O)C2)cc1F. The fourth-order valence-electron chi connectivity index (χ4n) is 5.90. The van der Waals surface area contributed by atoms with Gasteiger partial charge < -0.3 is 10.2 Å². The molecule has 4 rings (SSSR count). The molecule has 0 amide bonds. The lowest BCUT2D eigenvalue weighted by Gasteiger charge is -2.52. The summed E-state index contributed by atoms with van der Waals surface area (Å²) < 4.78 is 58.8. The van der Waals surface area contributed by atoms with Crippen molar-refractivity contribution in [3.05, 3.63) is 70.8 Å². The first-order chi connectivity index (χ1) is 16.4. The summed E-state index contributed by atoms with van der Waals surface area (Å²) in [4.78, 5) is 0. The number of benzene rings is 2. The molecule has 1 saturated heterocycles. The first-order valence-corrected chi connectivity index (χ1v) is 13.2. The van der Waals surface area contributed by atoms with Crippen molar-refractivity contribution in [2.45, 2.75) is 80.9 Å². The molecular weight excluding hydrogens is 474 g/mol. The van der Waals surface area contributed by atoms with Crippen LogP contribution in [-0.4, -0.2) is 40.7 Å². The van der Waals surface area contributed by atoms with Crippen molar-refractivity contribution in [1.82, 2.24) is 4.31 Å². The molecule has 3 atom stereocenters. The zero-order valence-electron chi connectivity index (χ0n) is 19.8. The van der Waals surface area contributed by atoms with E-state index in [9.17, 15) is 18.6 Å². The predicted molar refractivity (Wildman–Crippen MR) is 126 cm³/mol. The number of aliphatic hydroxyl groups is 2. The van der Waals surface area contributed by atoms with Crippen molar-refractivity contribution in [3.63, 3.8) is 0 Å². The zero-order chi connectivity index (χ0) is 25.6. The largest absolute Gasteiger partial charge is 0.390 e. The smallest absolute Gasteiger partial charge is 0.221 e. The average Bonchev–Trinajstić information content (AvgIpc) is 2.77. The number of rotatable bonds is 6. The van der Waals surface area contributed by atoms with Crippen molar-refractivity contribution >= 4 is 10.0 Å². The molecule has 0 aromatic heterocycles. The minimum Gasteiger partial charge on any atom is -0.390 e. The molecule has 1 aliphatic heterocycles. The third-order valence-corrected chi connectivity index (χ3v) is 9.77. The highest BCUT2D eigenvalue weighted by Crippen LogP contribution is 2.54. The van der Waals surface area contributed by atoms with E-state index in [2.05, 4.69) is 0 Å². The summed E-state index contributed by atoms with van der Waals surface area (Å²) in [5, 5.41) is 28.5. The summed E-state index contributed by atoms with van der Waals surface area (Å²) in [5.41, 5.74) is -1.62. The van der Waals surface area contributed by atoms with E-state index < -0.39 is 44.0 Å². The molecule has 1 aliphatic carbocycles. The van der Waals surface area contributed by atoms with Gasteiger partial charge in [0, 0.05) is 23.6 Å². The van der Waals surface area contributed by atoms with Crippen molar-refractivity contribution in [2.75, 3.05) is 0 Å². The van der Waals surface area contributed by atoms with Crippen molar-refractivity contribution in [3.8, 4) is 6.07 Å². The van der Waals surface area contributed by atoms with Crippen LogP contribution in [0.3, 0.4) is 0 Å². The summed E-state index contributed by atoms with van der Waals surface area (Å²) >= 11 is 0. The number of sulfonamides is 1. The van der Waals surface area contributed by atoms with Crippen LogP contribution in [0, 0.1) is 23.0 Å². The van der Waals surface area contributed by atoms with E-state index in [4.69, 9.17) is 5.26 Å². The molecule has 0 bridgehead atoms. The Bertz CT molecular complexity index is 1240. The van der Waals surface area contributed by atoms with Gasteiger partial charge in [-0.2, -0.15) is 9.57 Å². The summed E-state index contributed by atoms with van der Waals surface area (Å²) in [5.74, 6) is -1.51. The quantitative estimate of drug-likeness (QED) is 0.578. The molecular formula is C26H30F2N2O4S. The number of nitriles is 1. The Morgan fingerprint density at radius 3 is 2.43 bits per heavy atom. The summed E-state index contributed by atoms with van der Waals surface area (Å²) in [6.07, 6.45) is -0.335. The molecule has 2 aromatic rings. The van der Waals surface area contributed by atoms with E-state index in [0.717, 1.165) is 12.1 Å². The molecule has 1 unspecified atom stereocenters. The van der Waals surface area contributed by atoms with Gasteiger partial charge in [0.25, 0.3) is 0 Å². The van der Waals surface area contributed by atoms with Crippen LogP contribution in [0.1, 0.15) is 67.9 Å². The van der Waals surface area contributed by atoms with Crippen LogP contribution in [0.4, 0.5) is 8.78 Å². The molecule has 2 fully saturated rings. The molecule has 35 heavy (non-hydrogen) atoms. The molecule has 2 aliphatic rings. The van der Waals surface area contributed by atoms with E-state index in [0.29, 0.717) is 18.4 Å². The van der Waals surface area contributed by atoms with Crippen molar-refractivity contribution < 1.29 is 27.4 Å². The zero-order valence-corrected chi connectivity index (χ0v) is 20.6. The van der Waals surface area contributed by atoms with Gasteiger partial charge in [-0.05, 0) is 69.2 Å². The number of nitrogens with zero attached hydrogens (tertiary/aromatic N) is 2. The second-order valence-corrected chi connectivity index (χ2v) is 12.4. The van der Waals surface area contributed by atoms with Crippen LogP contribution >= 0.6 is 0 Å². The topological polar surface area (TPSA) is 102 Å². The molecule has 0 radical (unpaired) electrons. The Morgan fingerprint density at radius 2 is 1.83 bits per heavy atom. The Kier molecular flexibility index (Phi) is 6.79. The minimum atomic E-state index is -3.82. The lowest BCUT2D eigenvalue weighted by Crippen LogP contribution is -2.54. The third-order valence-electron chi connectivity index (χ3n) is 7.40. The van der Waals surface area contributed by atoms with Crippen LogP contribution in [0.5, 0.6) is 0 Å². The van der Waals surface area contributed by atoms with E-state index in [-0.39, 0.29) is 43.0 Å². The number of halogens is 2. The third kappa shape index (κ3) is 4.85. The summed E-state index contributed by atoms with van der Waals surface area (Å²) in [7, 11) is -3.82. The molecule has 1 saturated carbocycles. The number of hydrogen-bond acceptors (Lipinski definition) is 5. The Morgan fingerprint density at radius 1 is 1.17 bits per heavy atom. The highest BCUT2D eigenvalue weighted by molar-refractivity contribution is 7.89. The van der Waals surface area contributed by atoms with Crippen LogP contribution in [0.15, 0.2) is 42.5 Å². The van der Waals surface area contributed by atoms with Gasteiger partial charge in [-0.3, -0.25) is 0 Å². The Balaban J connectivity index is 1.65. The van der Waals surface area contributed by atoms with Crippen LogP contribution in [0.25, 0.3) is 0 Å². The fourth-order valence-corrected chi connectivity index (χ4v) is 8.09. The van der Waals surface area contributed by atoms with Gasteiger partial charge in [-0.1, -0.05) is 30.3 Å². The van der Waals surface area contributed by atoms with Gasteiger partial charge >= 0.3 is 0 Å². The first-order valence-electron chi connectivity index (χ1n) is 11.7. The van der Waals surface area contributed by atoms with Gasteiger partial charge in [-0.25, -0.2) is 17.2 Å². The predicted octanol–water partition coefficient (Wildman–Crippen LogP) is 4.08. The lowest BCUT2D eigenvalue weighted by atomic mass is 9.54. The monoisotopic (exact) mass is 504 g/mol. The molecule has 9 heteroatoms. The van der Waals surface area contributed by atoms with Gasteiger partial charge in [0.2, 0.25) is 10.0 Å². The van der Waals surface area contributed by atoms with Gasteiger partial charge in [0.15, 0.2) is 0 Å². The van der Waals surface area contributed by atoms with E-state index in [1.807, 2.05) is 6.07 Å². The highest BCUT2D eigenvalue weighted by atomic mass is 32.2. The molecule has 6 nitrogen and oxygen atoms in total. The maximum absolute atomic E-state index is 15.4. The molecule has 2 aromatic carbocycles. The minimum absolute atomic E-state index is 0.0173. The van der Waals surface area contributed by atoms with Crippen LogP contribution < -0.4 is 0 Å². The second kappa shape index (κ2) is 9.25. The van der Waals surface area contributed by atoms with Crippen LogP contribution in [0.2, 0.25) is 0 Å². The van der Waals surface area contributed by atoms with E-state index in [1.54, 1.807) is 44.2 Å². The second-order valence-electron chi connectivity index (χ2n) is 10.3. The Labute approximate surface area is 204 Å². The fraction of sp³-hybridized carbons (Fsp3) is 0.500. The molecule has 188 valence electrons. The Hall–Kier alpha value is -2.38. The van der Waals surface area contributed by atoms with Crippen LogP contribution in [-0.2, 0) is 22.0 Å². The molecule has 1 heterocycles. The lowest BCUT2D eigenvalue weighted by molar-refractivity contribution is -0.0877. The van der Waals surface area contributed by atoms with Gasteiger partial charge in [0.05, 0.1) is 11.7 Å². The molecule has 2 N–H and O–H groups in total. The normalized spacial score (nSPS) is 31.3. The summed E-state index contributed by atoms with van der Waals surface area (Å²) in [6, 6.07) is 12.2. The number of hydrogen-bond donors (Lipinski definition) is 2. The first kappa shape index (κ1) is 25.7. The molecule has 0 spiro atoms. The van der Waals surface area contributed by atoms with Crippen molar-refractivity contribution in [1.29, 1.82) is 5.26 Å². The van der Waals surface area contributed by atoms with Gasteiger partial charge in [0.1, 0.15) is 23.0 Å². The maximum Gasteiger partial charge on any atom is 0.221 e. The number of aliphatic hydroxyl groups excluding tert-OH is 1.